The molecule has 1 aromatic carbocycles. The number of nitrogens with zero attached hydrogens (tertiary/aromatic N) is 2. The van der Waals surface area contributed by atoms with Crippen LogP contribution in [-0.2, 0) is 22.7 Å². The Kier molecular flexibility index (Phi) is 6.03. The largest absolute Gasteiger partial charge is 0.487 e. The summed E-state index contributed by atoms with van der Waals surface area (Å²) in [5, 5.41) is 5.23. The summed E-state index contributed by atoms with van der Waals surface area (Å²) in [6.45, 7) is 4.00. The van der Waals surface area contributed by atoms with Gasteiger partial charge in [-0.2, -0.15) is 0 Å². The van der Waals surface area contributed by atoms with Crippen molar-refractivity contribution in [1.29, 1.82) is 0 Å². The molecule has 25 heavy (non-hydrogen) atoms. The summed E-state index contributed by atoms with van der Waals surface area (Å²) in [5.74, 6) is 0.643. The standard InChI is InChI=1S/C18H21N3O3S/c1-2-23-17(22)7-8-19-11-14-3-5-16(6-4-14)24-13-15-12-21-9-10-25-18(21)20-15/h3-6,9-10,12,19H,2,7-8,11,13H2,1H3. The zero-order chi connectivity index (χ0) is 17.5. The Morgan fingerprint density at radius 2 is 2.16 bits per heavy atom. The number of benzene rings is 1. The number of thiazole rings is 1. The highest BCUT2D eigenvalue weighted by atomic mass is 32.1. The summed E-state index contributed by atoms with van der Waals surface area (Å²) in [5.41, 5.74) is 2.05. The van der Waals surface area contributed by atoms with Crippen LogP contribution in [0.4, 0.5) is 0 Å². The van der Waals surface area contributed by atoms with Gasteiger partial charge in [-0.3, -0.25) is 9.20 Å². The second-order valence-corrected chi connectivity index (χ2v) is 6.36. The minimum atomic E-state index is -0.169. The predicted octanol–water partition coefficient (Wildman–Crippen LogP) is 3.02. The number of nitrogens with one attached hydrogen (secondary N) is 1. The molecule has 0 bridgehead atoms. The maximum atomic E-state index is 11.2. The maximum Gasteiger partial charge on any atom is 0.307 e. The van der Waals surface area contributed by atoms with Crippen LogP contribution < -0.4 is 10.1 Å². The van der Waals surface area contributed by atoms with E-state index in [-0.39, 0.29) is 5.97 Å². The third-order valence-electron chi connectivity index (χ3n) is 3.59. The first kappa shape index (κ1) is 17.4. The number of hydrogen-bond donors (Lipinski definition) is 1. The molecule has 2 heterocycles. The summed E-state index contributed by atoms with van der Waals surface area (Å²) in [7, 11) is 0. The molecule has 0 aliphatic rings. The lowest BCUT2D eigenvalue weighted by Crippen LogP contribution is -2.19. The Balaban J connectivity index is 1.41. The number of hydrogen-bond acceptors (Lipinski definition) is 6. The Labute approximate surface area is 150 Å². The van der Waals surface area contributed by atoms with E-state index in [4.69, 9.17) is 9.47 Å². The molecule has 132 valence electrons. The average Bonchev–Trinajstić information content (AvgIpc) is 3.20. The van der Waals surface area contributed by atoms with Crippen molar-refractivity contribution in [2.45, 2.75) is 26.5 Å². The Morgan fingerprint density at radius 3 is 2.92 bits per heavy atom. The average molecular weight is 359 g/mol. The molecule has 0 radical (unpaired) electrons. The highest BCUT2D eigenvalue weighted by molar-refractivity contribution is 7.15. The van der Waals surface area contributed by atoms with E-state index < -0.39 is 0 Å². The number of fused-ring (bicyclic) bond motifs is 1. The molecule has 0 aliphatic carbocycles. The highest BCUT2D eigenvalue weighted by Crippen LogP contribution is 2.16. The number of imidazole rings is 1. The number of carbonyl (C=O) groups excluding carboxylic acids is 1. The molecule has 0 spiro atoms. The summed E-state index contributed by atoms with van der Waals surface area (Å²) in [6.07, 6.45) is 4.35. The van der Waals surface area contributed by atoms with E-state index in [1.54, 1.807) is 11.3 Å². The van der Waals surface area contributed by atoms with Gasteiger partial charge in [-0.25, -0.2) is 4.98 Å². The Morgan fingerprint density at radius 1 is 1.32 bits per heavy atom. The number of rotatable bonds is 9. The van der Waals surface area contributed by atoms with Gasteiger partial charge >= 0.3 is 5.97 Å². The van der Waals surface area contributed by atoms with E-state index in [1.807, 2.05) is 53.4 Å². The van der Waals surface area contributed by atoms with Crippen LogP contribution in [0.15, 0.2) is 42.0 Å². The van der Waals surface area contributed by atoms with Crippen LogP contribution in [0.25, 0.3) is 4.96 Å². The van der Waals surface area contributed by atoms with Gasteiger partial charge in [-0.15, -0.1) is 11.3 Å². The lowest BCUT2D eigenvalue weighted by atomic mass is 10.2. The van der Waals surface area contributed by atoms with Gasteiger partial charge in [0.25, 0.3) is 0 Å². The molecular weight excluding hydrogens is 338 g/mol. The zero-order valence-electron chi connectivity index (χ0n) is 14.1. The molecule has 3 rings (SSSR count). The van der Waals surface area contributed by atoms with Crippen molar-refractivity contribution in [2.75, 3.05) is 13.2 Å². The SMILES string of the molecule is CCOC(=O)CCNCc1ccc(OCc2cn3ccsc3n2)cc1. The van der Waals surface area contributed by atoms with Crippen molar-refractivity contribution in [1.82, 2.24) is 14.7 Å². The molecule has 0 saturated carbocycles. The smallest absolute Gasteiger partial charge is 0.307 e. The molecule has 6 nitrogen and oxygen atoms in total. The molecule has 2 aromatic heterocycles. The molecule has 0 saturated heterocycles. The highest BCUT2D eigenvalue weighted by Gasteiger charge is 2.04. The maximum absolute atomic E-state index is 11.2. The number of aromatic nitrogens is 2. The fourth-order valence-corrected chi connectivity index (χ4v) is 3.08. The monoisotopic (exact) mass is 359 g/mol. The Hall–Kier alpha value is -2.38. The van der Waals surface area contributed by atoms with Crippen LogP contribution in [0.2, 0.25) is 0 Å². The van der Waals surface area contributed by atoms with Gasteiger partial charge in [0, 0.05) is 30.9 Å². The normalized spacial score (nSPS) is 10.9. The van der Waals surface area contributed by atoms with E-state index in [0.29, 0.717) is 32.7 Å². The van der Waals surface area contributed by atoms with E-state index in [0.717, 1.165) is 22.0 Å². The van der Waals surface area contributed by atoms with Crippen LogP contribution >= 0.6 is 11.3 Å². The first-order valence-electron chi connectivity index (χ1n) is 8.24. The lowest BCUT2D eigenvalue weighted by Gasteiger charge is -2.07. The second-order valence-electron chi connectivity index (χ2n) is 5.49. The minimum absolute atomic E-state index is 0.169. The van der Waals surface area contributed by atoms with Gasteiger partial charge in [-0.1, -0.05) is 12.1 Å². The number of esters is 1. The van der Waals surface area contributed by atoms with Crippen molar-refractivity contribution in [2.24, 2.45) is 0 Å². The van der Waals surface area contributed by atoms with Gasteiger partial charge < -0.3 is 14.8 Å². The third kappa shape index (κ3) is 5.04. The third-order valence-corrected chi connectivity index (χ3v) is 4.36. The van der Waals surface area contributed by atoms with E-state index in [2.05, 4.69) is 10.3 Å². The van der Waals surface area contributed by atoms with Crippen LogP contribution in [0.3, 0.4) is 0 Å². The molecule has 0 fully saturated rings. The number of ether oxygens (including phenoxy) is 2. The van der Waals surface area contributed by atoms with Crippen molar-refractivity contribution in [3.05, 3.63) is 53.3 Å². The molecule has 3 aromatic rings. The van der Waals surface area contributed by atoms with Gasteiger partial charge in [0.15, 0.2) is 4.96 Å². The second kappa shape index (κ2) is 8.64. The van der Waals surface area contributed by atoms with Gasteiger partial charge in [0.2, 0.25) is 0 Å². The molecule has 0 atom stereocenters. The molecule has 0 aliphatic heterocycles. The van der Waals surface area contributed by atoms with Crippen LogP contribution in [0, 0.1) is 0 Å². The number of carbonyl (C=O) groups is 1. The van der Waals surface area contributed by atoms with Crippen LogP contribution in [0.5, 0.6) is 5.75 Å². The molecule has 1 N–H and O–H groups in total. The van der Waals surface area contributed by atoms with E-state index >= 15 is 0 Å². The zero-order valence-corrected chi connectivity index (χ0v) is 14.9. The fourth-order valence-electron chi connectivity index (χ4n) is 2.36. The molecule has 7 heteroatoms. The van der Waals surface area contributed by atoms with Crippen LogP contribution in [0.1, 0.15) is 24.6 Å². The van der Waals surface area contributed by atoms with Gasteiger partial charge in [0.1, 0.15) is 12.4 Å². The van der Waals surface area contributed by atoms with Crippen molar-refractivity contribution >= 4 is 22.3 Å². The van der Waals surface area contributed by atoms with Crippen LogP contribution in [-0.4, -0.2) is 28.5 Å². The summed E-state index contributed by atoms with van der Waals surface area (Å²) in [6, 6.07) is 7.92. The molecule has 0 unspecified atom stereocenters. The van der Waals surface area contributed by atoms with Crippen molar-refractivity contribution < 1.29 is 14.3 Å². The molecular formula is C18H21N3O3S. The van der Waals surface area contributed by atoms with E-state index in [9.17, 15) is 4.79 Å². The topological polar surface area (TPSA) is 64.9 Å². The first-order chi connectivity index (χ1) is 12.2. The first-order valence-corrected chi connectivity index (χ1v) is 9.11. The quantitative estimate of drug-likeness (QED) is 0.470. The van der Waals surface area contributed by atoms with Crippen molar-refractivity contribution in [3.8, 4) is 5.75 Å². The summed E-state index contributed by atoms with van der Waals surface area (Å²) in [4.78, 5) is 16.7. The Bertz CT molecular complexity index is 782. The fraction of sp³-hybridized carbons (Fsp3) is 0.333. The summed E-state index contributed by atoms with van der Waals surface area (Å²) < 4.78 is 12.7. The van der Waals surface area contributed by atoms with Crippen molar-refractivity contribution in [3.63, 3.8) is 0 Å². The van der Waals surface area contributed by atoms with Gasteiger partial charge in [-0.05, 0) is 24.6 Å². The lowest BCUT2D eigenvalue weighted by molar-refractivity contribution is -0.142. The molecule has 0 amide bonds. The summed E-state index contributed by atoms with van der Waals surface area (Å²) >= 11 is 1.61. The predicted molar refractivity (Wildman–Crippen MR) is 96.8 cm³/mol. The van der Waals surface area contributed by atoms with Gasteiger partial charge in [0.05, 0.1) is 18.7 Å². The minimum Gasteiger partial charge on any atom is -0.487 e. The van der Waals surface area contributed by atoms with E-state index in [1.165, 1.54) is 0 Å².